The fraction of sp³-hybridized carbons (Fsp3) is 0.400. The van der Waals surface area contributed by atoms with Gasteiger partial charge in [-0.1, -0.05) is 0 Å². The van der Waals surface area contributed by atoms with Gasteiger partial charge in [-0.2, -0.15) is 0 Å². The first-order valence-electron chi connectivity index (χ1n) is 8.65. The highest BCUT2D eigenvalue weighted by molar-refractivity contribution is 5.95. The van der Waals surface area contributed by atoms with Crippen molar-refractivity contribution in [3.8, 4) is 11.5 Å². The molecular weight excluding hydrogens is 316 g/mol. The van der Waals surface area contributed by atoms with E-state index in [9.17, 15) is 4.79 Å². The van der Waals surface area contributed by atoms with Gasteiger partial charge in [0, 0.05) is 24.5 Å². The van der Waals surface area contributed by atoms with Gasteiger partial charge >= 0.3 is 0 Å². The molecule has 0 N–H and O–H groups in total. The number of benzene rings is 1. The van der Waals surface area contributed by atoms with Gasteiger partial charge in [-0.15, -0.1) is 0 Å². The lowest BCUT2D eigenvalue weighted by Gasteiger charge is -2.25. The first kappa shape index (κ1) is 17.3. The normalized spacial score (nSPS) is 17.0. The number of amides is 1. The minimum Gasteiger partial charge on any atom is -0.493 e. The molecule has 1 aliphatic rings. The van der Waals surface area contributed by atoms with Gasteiger partial charge in [-0.05, 0) is 62.6 Å². The number of pyridine rings is 1. The average Bonchev–Trinajstić information content (AvgIpc) is 3.11. The van der Waals surface area contributed by atoms with Crippen LogP contribution in [-0.2, 0) is 0 Å². The Bertz CT molecular complexity index is 731. The summed E-state index contributed by atoms with van der Waals surface area (Å²) < 4.78 is 11.1. The van der Waals surface area contributed by atoms with E-state index in [0.29, 0.717) is 17.1 Å². The smallest absolute Gasteiger partial charge is 0.254 e. The molecule has 0 radical (unpaired) electrons. The van der Waals surface area contributed by atoms with E-state index in [4.69, 9.17) is 9.47 Å². The number of aromatic nitrogens is 1. The first-order valence-corrected chi connectivity index (χ1v) is 8.65. The van der Waals surface area contributed by atoms with E-state index in [0.717, 1.165) is 24.9 Å². The number of hydrogen-bond donors (Lipinski definition) is 0. The maximum atomic E-state index is 13.0. The van der Waals surface area contributed by atoms with Crippen molar-refractivity contribution in [3.05, 3.63) is 53.9 Å². The van der Waals surface area contributed by atoms with Crippen LogP contribution in [0.5, 0.6) is 11.5 Å². The number of hydrogen-bond acceptors (Lipinski definition) is 4. The fourth-order valence-corrected chi connectivity index (χ4v) is 3.26. The van der Waals surface area contributed by atoms with Crippen LogP contribution in [0.25, 0.3) is 0 Å². The van der Waals surface area contributed by atoms with Crippen molar-refractivity contribution in [2.24, 2.45) is 0 Å². The molecule has 0 saturated carbocycles. The summed E-state index contributed by atoms with van der Waals surface area (Å²) in [6.45, 7) is 4.68. The molecule has 3 rings (SSSR count). The summed E-state index contributed by atoms with van der Waals surface area (Å²) in [6, 6.07) is 9.45. The summed E-state index contributed by atoms with van der Waals surface area (Å²) in [4.78, 5) is 19.1. The Kier molecular flexibility index (Phi) is 5.22. The topological polar surface area (TPSA) is 51.7 Å². The number of rotatable bonds is 5. The zero-order valence-electron chi connectivity index (χ0n) is 14.9. The number of carbonyl (C=O) groups is 1. The fourth-order valence-electron chi connectivity index (χ4n) is 3.26. The number of ether oxygens (including phenoxy) is 2. The van der Waals surface area contributed by atoms with Crippen LogP contribution in [0.4, 0.5) is 0 Å². The predicted octanol–water partition coefficient (Wildman–Crippen LogP) is 3.85. The van der Waals surface area contributed by atoms with Crippen molar-refractivity contribution < 1.29 is 14.3 Å². The second-order valence-corrected chi connectivity index (χ2v) is 6.47. The number of methoxy groups -OCH3 is 1. The highest BCUT2D eigenvalue weighted by atomic mass is 16.5. The molecule has 1 atom stereocenters. The van der Waals surface area contributed by atoms with E-state index in [1.807, 2.05) is 43.0 Å². The highest BCUT2D eigenvalue weighted by Gasteiger charge is 2.31. The summed E-state index contributed by atoms with van der Waals surface area (Å²) in [5.41, 5.74) is 1.75. The molecule has 2 heterocycles. The Morgan fingerprint density at radius 1 is 1.20 bits per heavy atom. The quantitative estimate of drug-likeness (QED) is 0.829. The summed E-state index contributed by atoms with van der Waals surface area (Å²) in [6.07, 6.45) is 5.57. The lowest BCUT2D eigenvalue weighted by Crippen LogP contribution is -2.30. The molecule has 1 amide bonds. The molecule has 1 aromatic heterocycles. The summed E-state index contributed by atoms with van der Waals surface area (Å²) in [5, 5.41) is 0. The van der Waals surface area contributed by atoms with Crippen LogP contribution in [0, 0.1) is 0 Å². The zero-order valence-corrected chi connectivity index (χ0v) is 14.9. The second-order valence-electron chi connectivity index (χ2n) is 6.47. The number of carbonyl (C=O) groups excluding carboxylic acids is 1. The molecule has 0 bridgehead atoms. The lowest BCUT2D eigenvalue weighted by atomic mass is 10.1. The van der Waals surface area contributed by atoms with E-state index >= 15 is 0 Å². The molecule has 1 aromatic carbocycles. The van der Waals surface area contributed by atoms with E-state index in [2.05, 4.69) is 4.98 Å². The third-order valence-electron chi connectivity index (χ3n) is 4.38. The number of nitrogens with zero attached hydrogens (tertiary/aromatic N) is 2. The van der Waals surface area contributed by atoms with Crippen molar-refractivity contribution in [1.82, 2.24) is 9.88 Å². The van der Waals surface area contributed by atoms with Crippen LogP contribution >= 0.6 is 0 Å². The van der Waals surface area contributed by atoms with Crippen LogP contribution in [0.15, 0.2) is 42.7 Å². The SMILES string of the molecule is COc1cc(C(=O)N2CCC[C@H]2c2ccncc2)ccc1OC(C)C. The van der Waals surface area contributed by atoms with Gasteiger partial charge in [-0.25, -0.2) is 0 Å². The third kappa shape index (κ3) is 3.76. The third-order valence-corrected chi connectivity index (χ3v) is 4.38. The van der Waals surface area contributed by atoms with Crippen molar-refractivity contribution in [2.75, 3.05) is 13.7 Å². The van der Waals surface area contributed by atoms with Crippen LogP contribution in [0.2, 0.25) is 0 Å². The standard InChI is InChI=1S/C20H24N2O3/c1-14(2)25-18-7-6-16(13-19(18)24-3)20(23)22-12-4-5-17(22)15-8-10-21-11-9-15/h6-11,13-14,17H,4-5,12H2,1-3H3/t17-/m0/s1. The second kappa shape index (κ2) is 7.55. The Balaban J connectivity index is 1.85. The predicted molar refractivity (Wildman–Crippen MR) is 96.0 cm³/mol. The molecule has 1 fully saturated rings. The van der Waals surface area contributed by atoms with Gasteiger partial charge in [0.1, 0.15) is 0 Å². The molecule has 2 aromatic rings. The molecule has 0 spiro atoms. The number of likely N-dealkylation sites (tertiary alicyclic amines) is 1. The molecular formula is C20H24N2O3. The van der Waals surface area contributed by atoms with E-state index in [1.54, 1.807) is 25.6 Å². The average molecular weight is 340 g/mol. The first-order chi connectivity index (χ1) is 12.1. The largest absolute Gasteiger partial charge is 0.493 e. The minimum absolute atomic E-state index is 0.0220. The Morgan fingerprint density at radius 2 is 1.96 bits per heavy atom. The van der Waals surface area contributed by atoms with Gasteiger partial charge in [0.25, 0.3) is 5.91 Å². The van der Waals surface area contributed by atoms with Crippen LogP contribution < -0.4 is 9.47 Å². The highest BCUT2D eigenvalue weighted by Crippen LogP contribution is 2.35. The van der Waals surface area contributed by atoms with Gasteiger partial charge in [0.15, 0.2) is 11.5 Å². The van der Waals surface area contributed by atoms with Gasteiger partial charge in [0.2, 0.25) is 0 Å². The monoisotopic (exact) mass is 340 g/mol. The Morgan fingerprint density at radius 3 is 2.64 bits per heavy atom. The van der Waals surface area contributed by atoms with Gasteiger partial charge in [0.05, 0.1) is 19.3 Å². The summed E-state index contributed by atoms with van der Waals surface area (Å²) >= 11 is 0. The minimum atomic E-state index is 0.0220. The molecule has 0 unspecified atom stereocenters. The van der Waals surface area contributed by atoms with Crippen LogP contribution in [-0.4, -0.2) is 35.5 Å². The van der Waals surface area contributed by atoms with E-state index < -0.39 is 0 Å². The molecule has 132 valence electrons. The molecule has 1 aliphatic heterocycles. The van der Waals surface area contributed by atoms with Crippen molar-refractivity contribution in [1.29, 1.82) is 0 Å². The van der Waals surface area contributed by atoms with E-state index in [1.165, 1.54) is 0 Å². The molecule has 25 heavy (non-hydrogen) atoms. The maximum Gasteiger partial charge on any atom is 0.254 e. The molecule has 5 heteroatoms. The van der Waals surface area contributed by atoms with Crippen LogP contribution in [0.1, 0.15) is 48.7 Å². The Labute approximate surface area is 148 Å². The maximum absolute atomic E-state index is 13.0. The van der Waals surface area contributed by atoms with Crippen molar-refractivity contribution in [2.45, 2.75) is 38.8 Å². The molecule has 5 nitrogen and oxygen atoms in total. The lowest BCUT2D eigenvalue weighted by molar-refractivity contribution is 0.0735. The Hall–Kier alpha value is -2.56. The summed E-state index contributed by atoms with van der Waals surface area (Å²) in [7, 11) is 1.59. The molecule has 1 saturated heterocycles. The molecule has 0 aliphatic carbocycles. The zero-order chi connectivity index (χ0) is 17.8. The van der Waals surface area contributed by atoms with Crippen molar-refractivity contribution in [3.63, 3.8) is 0 Å². The van der Waals surface area contributed by atoms with Gasteiger partial charge in [-0.3, -0.25) is 9.78 Å². The van der Waals surface area contributed by atoms with E-state index in [-0.39, 0.29) is 18.1 Å². The summed E-state index contributed by atoms with van der Waals surface area (Å²) in [5.74, 6) is 1.26. The van der Waals surface area contributed by atoms with Gasteiger partial charge < -0.3 is 14.4 Å². The van der Waals surface area contributed by atoms with Crippen LogP contribution in [0.3, 0.4) is 0 Å². The van der Waals surface area contributed by atoms with Crippen molar-refractivity contribution >= 4 is 5.91 Å².